The lowest BCUT2D eigenvalue weighted by Gasteiger charge is -2.19. The van der Waals surface area contributed by atoms with Crippen molar-refractivity contribution in [2.75, 3.05) is 13.1 Å². The van der Waals surface area contributed by atoms with E-state index < -0.39 is 0 Å². The van der Waals surface area contributed by atoms with E-state index in [0.29, 0.717) is 12.3 Å². The van der Waals surface area contributed by atoms with Crippen LogP contribution in [0, 0.1) is 5.92 Å². The first kappa shape index (κ1) is 11.5. The fourth-order valence-corrected chi connectivity index (χ4v) is 1.68. The summed E-state index contributed by atoms with van der Waals surface area (Å²) < 4.78 is 5.24. The van der Waals surface area contributed by atoms with Crippen LogP contribution in [-0.4, -0.2) is 24.7 Å². The van der Waals surface area contributed by atoms with E-state index in [4.69, 9.17) is 4.74 Å². The molecule has 0 aliphatic carbocycles. The highest BCUT2D eigenvalue weighted by Gasteiger charge is 2.19. The average Bonchev–Trinajstić information content (AvgIpc) is 2.49. The Bertz CT molecular complexity index is 190. The molecule has 3 nitrogen and oxygen atoms in total. The molecule has 1 atom stereocenters. The highest BCUT2D eigenvalue weighted by atomic mass is 16.6. The van der Waals surface area contributed by atoms with E-state index in [-0.39, 0.29) is 11.6 Å². The van der Waals surface area contributed by atoms with Gasteiger partial charge in [0.15, 0.2) is 0 Å². The van der Waals surface area contributed by atoms with Gasteiger partial charge in [-0.05, 0) is 52.6 Å². The van der Waals surface area contributed by atoms with Crippen molar-refractivity contribution < 1.29 is 9.53 Å². The molecule has 1 N–H and O–H groups in total. The minimum atomic E-state index is -0.342. The van der Waals surface area contributed by atoms with Gasteiger partial charge >= 0.3 is 5.97 Å². The molecule has 1 rings (SSSR count). The van der Waals surface area contributed by atoms with Gasteiger partial charge in [0.25, 0.3) is 0 Å². The molecular formula is C11H21NO2. The third kappa shape index (κ3) is 4.61. The van der Waals surface area contributed by atoms with Crippen molar-refractivity contribution in [3.63, 3.8) is 0 Å². The molecular weight excluding hydrogens is 178 g/mol. The van der Waals surface area contributed by atoms with Crippen LogP contribution in [0.3, 0.4) is 0 Å². The van der Waals surface area contributed by atoms with Crippen molar-refractivity contribution in [1.29, 1.82) is 0 Å². The van der Waals surface area contributed by atoms with Gasteiger partial charge in [-0.2, -0.15) is 0 Å². The summed E-state index contributed by atoms with van der Waals surface area (Å²) in [5, 5.41) is 3.29. The van der Waals surface area contributed by atoms with Crippen LogP contribution in [0.4, 0.5) is 0 Å². The second-order valence-electron chi connectivity index (χ2n) is 4.98. The lowest BCUT2D eigenvalue weighted by atomic mass is 10.0. The van der Waals surface area contributed by atoms with Crippen molar-refractivity contribution in [3.8, 4) is 0 Å². The maximum Gasteiger partial charge on any atom is 0.306 e. The Hall–Kier alpha value is -0.570. The van der Waals surface area contributed by atoms with Crippen molar-refractivity contribution in [2.45, 2.75) is 45.6 Å². The van der Waals surface area contributed by atoms with Crippen LogP contribution in [0.25, 0.3) is 0 Å². The second kappa shape index (κ2) is 4.78. The molecule has 82 valence electrons. The average molecular weight is 199 g/mol. The van der Waals surface area contributed by atoms with Gasteiger partial charge in [-0.1, -0.05) is 0 Å². The fourth-order valence-electron chi connectivity index (χ4n) is 1.68. The van der Waals surface area contributed by atoms with E-state index in [1.807, 2.05) is 20.8 Å². The molecule has 0 radical (unpaired) electrons. The van der Waals surface area contributed by atoms with Crippen LogP contribution < -0.4 is 5.32 Å². The first-order valence-electron chi connectivity index (χ1n) is 5.40. The maximum absolute atomic E-state index is 11.4. The number of carbonyl (C=O) groups excluding carboxylic acids is 1. The van der Waals surface area contributed by atoms with Gasteiger partial charge in [-0.3, -0.25) is 4.79 Å². The van der Waals surface area contributed by atoms with Crippen LogP contribution in [0.2, 0.25) is 0 Å². The lowest BCUT2D eigenvalue weighted by molar-refractivity contribution is -0.155. The molecule has 0 bridgehead atoms. The van der Waals surface area contributed by atoms with E-state index in [9.17, 15) is 4.79 Å². The summed E-state index contributed by atoms with van der Waals surface area (Å²) >= 11 is 0. The van der Waals surface area contributed by atoms with Gasteiger partial charge in [-0.25, -0.2) is 0 Å². The summed E-state index contributed by atoms with van der Waals surface area (Å²) in [6, 6.07) is 0. The summed E-state index contributed by atoms with van der Waals surface area (Å²) in [6.07, 6.45) is 2.72. The minimum Gasteiger partial charge on any atom is -0.460 e. The number of hydrogen-bond donors (Lipinski definition) is 1. The topological polar surface area (TPSA) is 38.3 Å². The maximum atomic E-state index is 11.4. The molecule has 1 fully saturated rings. The van der Waals surface area contributed by atoms with Crippen molar-refractivity contribution >= 4 is 5.97 Å². The summed E-state index contributed by atoms with van der Waals surface area (Å²) in [5.74, 6) is 0.604. The molecule has 1 heterocycles. The largest absolute Gasteiger partial charge is 0.460 e. The van der Waals surface area contributed by atoms with E-state index in [1.54, 1.807) is 0 Å². The molecule has 0 aromatic carbocycles. The Morgan fingerprint density at radius 2 is 2.21 bits per heavy atom. The molecule has 0 saturated carbocycles. The standard InChI is InChI=1S/C11H21NO2/c1-11(2,3)14-10(13)5-4-9-6-7-12-8-9/h9,12H,4-8H2,1-3H3/t9-/m1/s1. The minimum absolute atomic E-state index is 0.0654. The summed E-state index contributed by atoms with van der Waals surface area (Å²) in [7, 11) is 0. The third-order valence-corrected chi connectivity index (χ3v) is 2.34. The molecule has 3 heteroatoms. The number of carbonyl (C=O) groups is 1. The van der Waals surface area contributed by atoms with Gasteiger partial charge in [0.1, 0.15) is 5.60 Å². The Morgan fingerprint density at radius 1 is 1.50 bits per heavy atom. The Labute approximate surface area is 86.2 Å². The van der Waals surface area contributed by atoms with Gasteiger partial charge in [-0.15, -0.1) is 0 Å². The second-order valence-corrected chi connectivity index (χ2v) is 4.98. The number of hydrogen-bond acceptors (Lipinski definition) is 3. The summed E-state index contributed by atoms with van der Waals surface area (Å²) in [4.78, 5) is 11.4. The van der Waals surface area contributed by atoms with Gasteiger partial charge in [0, 0.05) is 6.42 Å². The van der Waals surface area contributed by atoms with Gasteiger partial charge < -0.3 is 10.1 Å². The smallest absolute Gasteiger partial charge is 0.306 e. The number of rotatable bonds is 3. The zero-order chi connectivity index (χ0) is 10.6. The third-order valence-electron chi connectivity index (χ3n) is 2.34. The number of esters is 1. The molecule has 1 aliphatic rings. The fraction of sp³-hybridized carbons (Fsp3) is 0.909. The van der Waals surface area contributed by atoms with E-state index >= 15 is 0 Å². The quantitative estimate of drug-likeness (QED) is 0.703. The van der Waals surface area contributed by atoms with Gasteiger partial charge in [0.2, 0.25) is 0 Å². The first-order valence-corrected chi connectivity index (χ1v) is 5.40. The van der Waals surface area contributed by atoms with Crippen LogP contribution >= 0.6 is 0 Å². The molecule has 0 unspecified atom stereocenters. The molecule has 0 spiro atoms. The molecule has 0 amide bonds. The predicted octanol–water partition coefficient (Wildman–Crippen LogP) is 1.72. The Kier molecular flexibility index (Phi) is 3.93. The SMILES string of the molecule is CC(C)(C)OC(=O)CC[C@@H]1CCNC1. The van der Waals surface area contributed by atoms with E-state index in [1.165, 1.54) is 6.42 Å². The monoisotopic (exact) mass is 199 g/mol. The van der Waals surface area contributed by atoms with Crippen molar-refractivity contribution in [2.24, 2.45) is 5.92 Å². The van der Waals surface area contributed by atoms with Crippen LogP contribution in [0.5, 0.6) is 0 Å². The molecule has 1 aliphatic heterocycles. The Balaban J connectivity index is 2.14. The van der Waals surface area contributed by atoms with Gasteiger partial charge in [0.05, 0.1) is 0 Å². The number of nitrogens with one attached hydrogen (secondary N) is 1. The zero-order valence-corrected chi connectivity index (χ0v) is 9.43. The van der Waals surface area contributed by atoms with Crippen LogP contribution in [0.1, 0.15) is 40.0 Å². The van der Waals surface area contributed by atoms with E-state index in [0.717, 1.165) is 19.5 Å². The highest BCUT2D eigenvalue weighted by Crippen LogP contribution is 2.16. The summed E-state index contributed by atoms with van der Waals surface area (Å²) in [5.41, 5.74) is -0.342. The number of ether oxygens (including phenoxy) is 1. The van der Waals surface area contributed by atoms with Crippen LogP contribution in [0.15, 0.2) is 0 Å². The lowest BCUT2D eigenvalue weighted by Crippen LogP contribution is -2.24. The highest BCUT2D eigenvalue weighted by molar-refractivity contribution is 5.69. The first-order chi connectivity index (χ1) is 6.47. The summed E-state index contributed by atoms with van der Waals surface area (Å²) in [6.45, 7) is 7.87. The molecule has 1 saturated heterocycles. The normalized spacial score (nSPS) is 22.4. The van der Waals surface area contributed by atoms with Crippen LogP contribution in [-0.2, 0) is 9.53 Å². The Morgan fingerprint density at radius 3 is 2.71 bits per heavy atom. The molecule has 0 aromatic rings. The predicted molar refractivity (Wildman–Crippen MR) is 56.1 cm³/mol. The zero-order valence-electron chi connectivity index (χ0n) is 9.43. The van der Waals surface area contributed by atoms with E-state index in [2.05, 4.69) is 5.32 Å². The molecule has 0 aromatic heterocycles. The van der Waals surface area contributed by atoms with Crippen molar-refractivity contribution in [3.05, 3.63) is 0 Å². The van der Waals surface area contributed by atoms with Crippen molar-refractivity contribution in [1.82, 2.24) is 5.32 Å². The molecule has 14 heavy (non-hydrogen) atoms.